The monoisotopic (exact) mass is 371 g/mol. The fourth-order valence-corrected chi connectivity index (χ4v) is 2.99. The van der Waals surface area contributed by atoms with E-state index >= 15 is 0 Å². The number of ether oxygens (including phenoxy) is 4. The molecule has 2 atom stereocenters. The summed E-state index contributed by atoms with van der Waals surface area (Å²) in [6.07, 6.45) is -0.794. The van der Waals surface area contributed by atoms with Crippen molar-refractivity contribution in [3.05, 3.63) is 48.0 Å². The van der Waals surface area contributed by atoms with Crippen LogP contribution in [0.2, 0.25) is 0 Å². The van der Waals surface area contributed by atoms with Crippen molar-refractivity contribution in [3.63, 3.8) is 0 Å². The minimum atomic E-state index is -0.683. The molecule has 27 heavy (non-hydrogen) atoms. The van der Waals surface area contributed by atoms with E-state index in [0.717, 1.165) is 11.5 Å². The van der Waals surface area contributed by atoms with E-state index in [9.17, 15) is 9.90 Å². The third-order valence-electron chi connectivity index (χ3n) is 4.37. The van der Waals surface area contributed by atoms with Crippen LogP contribution in [0.3, 0.4) is 0 Å². The summed E-state index contributed by atoms with van der Waals surface area (Å²) >= 11 is 0. The molecule has 0 fully saturated rings. The van der Waals surface area contributed by atoms with E-state index in [0.29, 0.717) is 36.8 Å². The molecule has 0 aromatic heterocycles. The van der Waals surface area contributed by atoms with E-state index in [2.05, 4.69) is 5.32 Å². The Morgan fingerprint density at radius 2 is 2.00 bits per heavy atom. The number of rotatable bonds is 7. The van der Waals surface area contributed by atoms with Gasteiger partial charge in [0.15, 0.2) is 18.1 Å². The van der Waals surface area contributed by atoms with Crippen LogP contribution in [0.1, 0.15) is 10.4 Å². The van der Waals surface area contributed by atoms with Crippen LogP contribution in [-0.2, 0) is 0 Å². The van der Waals surface area contributed by atoms with E-state index in [-0.39, 0.29) is 25.1 Å². The van der Waals surface area contributed by atoms with Gasteiger partial charge < -0.3 is 29.4 Å². The average Bonchev–Trinajstić information content (AvgIpc) is 3.06. The maximum Gasteiger partial charge on any atom is 0.203 e. The van der Waals surface area contributed by atoms with Gasteiger partial charge in [0.05, 0.1) is 5.56 Å². The van der Waals surface area contributed by atoms with E-state index < -0.39 is 6.10 Å². The van der Waals surface area contributed by atoms with Gasteiger partial charge >= 0.3 is 0 Å². The SMILES string of the molecule is O=C1COc2cc(OC[C@@H](O)CNCC3COc4ccccc4O3)ccc21. The number of aliphatic hydroxyl groups excluding tert-OH is 1. The molecule has 0 spiro atoms. The minimum Gasteiger partial charge on any atom is -0.491 e. The van der Waals surface area contributed by atoms with E-state index in [1.54, 1.807) is 18.2 Å². The van der Waals surface area contributed by atoms with Gasteiger partial charge in [-0.1, -0.05) is 12.1 Å². The van der Waals surface area contributed by atoms with Crippen molar-refractivity contribution in [2.24, 2.45) is 0 Å². The summed E-state index contributed by atoms with van der Waals surface area (Å²) < 4.78 is 22.4. The van der Waals surface area contributed by atoms with Gasteiger partial charge in [0.1, 0.15) is 36.9 Å². The molecule has 7 nitrogen and oxygen atoms in total. The molecular weight excluding hydrogens is 350 g/mol. The fraction of sp³-hybridized carbons (Fsp3) is 0.350. The predicted molar refractivity (Wildman–Crippen MR) is 97.0 cm³/mol. The van der Waals surface area contributed by atoms with Crippen molar-refractivity contribution in [2.45, 2.75) is 12.2 Å². The zero-order chi connectivity index (χ0) is 18.6. The quantitative estimate of drug-likeness (QED) is 0.761. The molecule has 2 aliphatic rings. The first-order chi connectivity index (χ1) is 13.2. The number of fused-ring (bicyclic) bond motifs is 2. The second-order valence-electron chi connectivity index (χ2n) is 6.49. The highest BCUT2D eigenvalue weighted by Gasteiger charge is 2.22. The van der Waals surface area contributed by atoms with Crippen molar-refractivity contribution >= 4 is 5.78 Å². The highest BCUT2D eigenvalue weighted by atomic mass is 16.6. The molecular formula is C20H21NO6. The number of carbonyl (C=O) groups excluding carboxylic acids is 1. The molecule has 2 N–H and O–H groups in total. The van der Waals surface area contributed by atoms with Gasteiger partial charge in [-0.25, -0.2) is 0 Å². The standard InChI is InChI=1S/C20H21NO6/c22-13(10-24-14-5-6-16-17(23)12-26-20(16)7-14)8-21-9-15-11-25-18-3-1-2-4-19(18)27-15/h1-7,13,15,21-22H,8-12H2/t13-,15?/m0/s1. The van der Waals surface area contributed by atoms with Gasteiger partial charge in [-0.15, -0.1) is 0 Å². The summed E-state index contributed by atoms with van der Waals surface area (Å²) in [7, 11) is 0. The number of para-hydroxylation sites is 2. The Morgan fingerprint density at radius 3 is 2.89 bits per heavy atom. The largest absolute Gasteiger partial charge is 0.491 e. The Balaban J connectivity index is 1.18. The Bertz CT molecular complexity index is 824. The van der Waals surface area contributed by atoms with Gasteiger partial charge in [0.25, 0.3) is 0 Å². The van der Waals surface area contributed by atoms with Crippen LogP contribution >= 0.6 is 0 Å². The molecule has 0 amide bonds. The van der Waals surface area contributed by atoms with Crippen molar-refractivity contribution < 1.29 is 28.8 Å². The van der Waals surface area contributed by atoms with Crippen molar-refractivity contribution in [1.29, 1.82) is 0 Å². The van der Waals surface area contributed by atoms with Crippen LogP contribution < -0.4 is 24.3 Å². The van der Waals surface area contributed by atoms with Crippen molar-refractivity contribution in [2.75, 3.05) is 32.9 Å². The second-order valence-corrected chi connectivity index (χ2v) is 6.49. The van der Waals surface area contributed by atoms with Crippen LogP contribution in [0.4, 0.5) is 0 Å². The third-order valence-corrected chi connectivity index (χ3v) is 4.37. The second kappa shape index (κ2) is 7.85. The number of nitrogens with one attached hydrogen (secondary N) is 1. The molecule has 1 unspecified atom stereocenters. The summed E-state index contributed by atoms with van der Waals surface area (Å²) in [5.74, 6) is 2.54. The lowest BCUT2D eigenvalue weighted by atomic mass is 10.1. The van der Waals surface area contributed by atoms with Gasteiger partial charge in [0, 0.05) is 19.2 Å². The number of aliphatic hydroxyl groups is 1. The van der Waals surface area contributed by atoms with Gasteiger partial charge in [-0.2, -0.15) is 0 Å². The minimum absolute atomic E-state index is 0.0303. The molecule has 0 saturated heterocycles. The highest BCUT2D eigenvalue weighted by molar-refractivity contribution is 6.02. The van der Waals surface area contributed by atoms with E-state index in [1.165, 1.54) is 0 Å². The fourth-order valence-electron chi connectivity index (χ4n) is 2.99. The maximum absolute atomic E-state index is 11.5. The molecule has 2 aliphatic heterocycles. The Kier molecular flexibility index (Phi) is 5.13. The van der Waals surface area contributed by atoms with Crippen LogP contribution in [0.5, 0.6) is 23.0 Å². The topological polar surface area (TPSA) is 86.3 Å². The normalized spacial score (nSPS) is 18.6. The lowest BCUT2D eigenvalue weighted by molar-refractivity contribution is 0.0778. The van der Waals surface area contributed by atoms with Crippen LogP contribution in [0.15, 0.2) is 42.5 Å². The molecule has 0 saturated carbocycles. The molecule has 0 radical (unpaired) electrons. The number of hydrogen-bond donors (Lipinski definition) is 2. The number of carbonyl (C=O) groups is 1. The molecule has 2 aromatic carbocycles. The average molecular weight is 371 g/mol. The van der Waals surface area contributed by atoms with E-state index in [4.69, 9.17) is 18.9 Å². The summed E-state index contributed by atoms with van der Waals surface area (Å²) in [6, 6.07) is 12.6. The summed E-state index contributed by atoms with van der Waals surface area (Å²) in [4.78, 5) is 11.5. The smallest absolute Gasteiger partial charge is 0.203 e. The third kappa shape index (κ3) is 4.15. The predicted octanol–water partition coefficient (Wildman–Crippen LogP) is 1.43. The molecule has 4 rings (SSSR count). The summed E-state index contributed by atoms with van der Waals surface area (Å²) in [5.41, 5.74) is 0.570. The maximum atomic E-state index is 11.5. The van der Waals surface area contributed by atoms with Gasteiger partial charge in [-0.3, -0.25) is 4.79 Å². The zero-order valence-electron chi connectivity index (χ0n) is 14.7. The summed E-state index contributed by atoms with van der Waals surface area (Å²) in [5, 5.41) is 13.3. The van der Waals surface area contributed by atoms with Crippen LogP contribution in [0, 0.1) is 0 Å². The first-order valence-corrected chi connectivity index (χ1v) is 8.89. The molecule has 0 aliphatic carbocycles. The first kappa shape index (κ1) is 17.6. The molecule has 142 valence electrons. The Morgan fingerprint density at radius 1 is 1.15 bits per heavy atom. The Labute approximate surface area is 156 Å². The lowest BCUT2D eigenvalue weighted by Crippen LogP contribution is -2.41. The first-order valence-electron chi connectivity index (χ1n) is 8.89. The van der Waals surface area contributed by atoms with Gasteiger partial charge in [-0.05, 0) is 24.3 Å². The Hall–Kier alpha value is -2.77. The number of benzene rings is 2. The molecule has 0 bridgehead atoms. The van der Waals surface area contributed by atoms with E-state index in [1.807, 2.05) is 24.3 Å². The number of hydrogen-bond acceptors (Lipinski definition) is 7. The van der Waals surface area contributed by atoms with Crippen molar-refractivity contribution in [1.82, 2.24) is 5.32 Å². The number of ketones is 1. The molecule has 2 heterocycles. The highest BCUT2D eigenvalue weighted by Crippen LogP contribution is 2.31. The molecule has 2 aromatic rings. The van der Waals surface area contributed by atoms with Gasteiger partial charge in [0.2, 0.25) is 5.78 Å². The van der Waals surface area contributed by atoms with Crippen LogP contribution in [-0.4, -0.2) is 56.0 Å². The summed E-state index contributed by atoms with van der Waals surface area (Å²) in [6.45, 7) is 1.58. The zero-order valence-corrected chi connectivity index (χ0v) is 14.7. The number of Topliss-reactive ketones (excluding diaryl/α,β-unsaturated/α-hetero) is 1. The van der Waals surface area contributed by atoms with Crippen LogP contribution in [0.25, 0.3) is 0 Å². The molecule has 7 heteroatoms. The lowest BCUT2D eigenvalue weighted by Gasteiger charge is -2.27. The van der Waals surface area contributed by atoms with Crippen molar-refractivity contribution in [3.8, 4) is 23.0 Å².